The third-order valence-corrected chi connectivity index (χ3v) is 4.23. The summed E-state index contributed by atoms with van der Waals surface area (Å²) in [6.07, 6.45) is 2.52. The van der Waals surface area contributed by atoms with E-state index in [1.807, 2.05) is 19.1 Å². The number of fused-ring (bicyclic) bond motifs is 1. The fraction of sp³-hybridized carbons (Fsp3) is 0.474. The van der Waals surface area contributed by atoms with Gasteiger partial charge in [-0.15, -0.1) is 0 Å². The van der Waals surface area contributed by atoms with Gasteiger partial charge in [-0.25, -0.2) is 4.98 Å². The molecular formula is C19H25N5O2. The highest BCUT2D eigenvalue weighted by Gasteiger charge is 2.14. The van der Waals surface area contributed by atoms with Crippen molar-refractivity contribution in [2.75, 3.05) is 6.54 Å². The molecule has 0 bridgehead atoms. The van der Waals surface area contributed by atoms with Crippen LogP contribution in [0.3, 0.4) is 0 Å². The van der Waals surface area contributed by atoms with Crippen LogP contribution in [0.5, 0.6) is 0 Å². The minimum atomic E-state index is -0.0662. The Morgan fingerprint density at radius 2 is 2.08 bits per heavy atom. The van der Waals surface area contributed by atoms with Gasteiger partial charge in [-0.2, -0.15) is 4.98 Å². The van der Waals surface area contributed by atoms with E-state index < -0.39 is 0 Å². The average Bonchev–Trinajstić information content (AvgIpc) is 3.01. The predicted octanol–water partition coefficient (Wildman–Crippen LogP) is 2.61. The number of nitrogens with zero attached hydrogens (tertiary/aromatic N) is 5. The van der Waals surface area contributed by atoms with Crippen molar-refractivity contribution in [1.82, 2.24) is 24.4 Å². The Morgan fingerprint density at radius 3 is 2.81 bits per heavy atom. The van der Waals surface area contributed by atoms with E-state index in [1.165, 1.54) is 0 Å². The van der Waals surface area contributed by atoms with Crippen LogP contribution in [0.2, 0.25) is 0 Å². The number of pyridine rings is 1. The second kappa shape index (κ2) is 7.78. The highest BCUT2D eigenvalue weighted by atomic mass is 16.5. The molecule has 3 heterocycles. The Bertz CT molecular complexity index is 944. The summed E-state index contributed by atoms with van der Waals surface area (Å²) in [5.41, 5.74) is 2.36. The van der Waals surface area contributed by atoms with Crippen LogP contribution < -0.4 is 5.56 Å². The SMILES string of the molecule is CCN(Cc1cc(=O)n2cccc(C)c2n1)Cc1noc(CC(C)C)n1. The smallest absolute Gasteiger partial charge is 0.258 e. The fourth-order valence-electron chi connectivity index (χ4n) is 2.88. The fourth-order valence-corrected chi connectivity index (χ4v) is 2.88. The summed E-state index contributed by atoms with van der Waals surface area (Å²) in [6.45, 7) is 10.2. The van der Waals surface area contributed by atoms with E-state index >= 15 is 0 Å². The lowest BCUT2D eigenvalue weighted by molar-refractivity contribution is 0.255. The van der Waals surface area contributed by atoms with Crippen molar-refractivity contribution < 1.29 is 4.52 Å². The molecule has 138 valence electrons. The van der Waals surface area contributed by atoms with Gasteiger partial charge in [-0.3, -0.25) is 14.1 Å². The Balaban J connectivity index is 1.78. The summed E-state index contributed by atoms with van der Waals surface area (Å²) in [6, 6.07) is 5.41. The van der Waals surface area contributed by atoms with Crippen molar-refractivity contribution in [2.45, 2.75) is 47.2 Å². The van der Waals surface area contributed by atoms with E-state index in [-0.39, 0.29) is 5.56 Å². The summed E-state index contributed by atoms with van der Waals surface area (Å²) in [5, 5.41) is 4.07. The predicted molar refractivity (Wildman–Crippen MR) is 98.8 cm³/mol. The number of hydrogen-bond acceptors (Lipinski definition) is 6. The molecule has 3 aromatic heterocycles. The Morgan fingerprint density at radius 1 is 1.27 bits per heavy atom. The van der Waals surface area contributed by atoms with Gasteiger partial charge in [-0.05, 0) is 31.0 Å². The van der Waals surface area contributed by atoms with Crippen LogP contribution in [0.4, 0.5) is 0 Å². The zero-order valence-corrected chi connectivity index (χ0v) is 15.8. The first-order valence-corrected chi connectivity index (χ1v) is 8.98. The lowest BCUT2D eigenvalue weighted by Gasteiger charge is -2.18. The molecule has 3 aromatic rings. The molecule has 0 aromatic carbocycles. The molecule has 0 N–H and O–H groups in total. The van der Waals surface area contributed by atoms with Gasteiger partial charge < -0.3 is 4.52 Å². The number of rotatable bonds is 7. The van der Waals surface area contributed by atoms with Gasteiger partial charge in [0.1, 0.15) is 5.65 Å². The standard InChI is InChI=1S/C19H25N5O2/c1-5-23(12-16-21-17(26-22-16)9-13(2)3)11-15-10-18(25)24-8-6-7-14(4)19(24)20-15/h6-8,10,13H,5,9,11-12H2,1-4H3. The van der Waals surface area contributed by atoms with Crippen LogP contribution in [0.25, 0.3) is 5.65 Å². The first-order chi connectivity index (χ1) is 12.5. The van der Waals surface area contributed by atoms with Crippen molar-refractivity contribution >= 4 is 5.65 Å². The Hall–Kier alpha value is -2.54. The Kier molecular flexibility index (Phi) is 5.46. The number of hydrogen-bond donors (Lipinski definition) is 0. The summed E-state index contributed by atoms with van der Waals surface area (Å²) in [4.78, 5) is 23.6. The second-order valence-electron chi connectivity index (χ2n) is 6.98. The summed E-state index contributed by atoms with van der Waals surface area (Å²) < 4.78 is 6.88. The molecule has 0 unspecified atom stereocenters. The van der Waals surface area contributed by atoms with Crippen LogP contribution >= 0.6 is 0 Å². The maximum atomic E-state index is 12.4. The van der Waals surface area contributed by atoms with Crippen molar-refractivity contribution in [3.8, 4) is 0 Å². The molecule has 0 spiro atoms. The zero-order chi connectivity index (χ0) is 18.7. The zero-order valence-electron chi connectivity index (χ0n) is 15.8. The topological polar surface area (TPSA) is 76.5 Å². The minimum Gasteiger partial charge on any atom is -0.339 e. The molecule has 0 amide bonds. The minimum absolute atomic E-state index is 0.0662. The van der Waals surface area contributed by atoms with Crippen LogP contribution in [0.1, 0.15) is 43.7 Å². The van der Waals surface area contributed by atoms with Crippen LogP contribution in [0, 0.1) is 12.8 Å². The van der Waals surface area contributed by atoms with Crippen molar-refractivity contribution in [2.24, 2.45) is 5.92 Å². The van der Waals surface area contributed by atoms with Crippen molar-refractivity contribution in [3.05, 3.63) is 57.7 Å². The normalized spacial score (nSPS) is 11.8. The van der Waals surface area contributed by atoms with Gasteiger partial charge in [0.15, 0.2) is 5.82 Å². The first-order valence-electron chi connectivity index (χ1n) is 8.98. The lowest BCUT2D eigenvalue weighted by Crippen LogP contribution is -2.25. The lowest BCUT2D eigenvalue weighted by atomic mass is 10.1. The van der Waals surface area contributed by atoms with Crippen LogP contribution in [-0.2, 0) is 19.5 Å². The molecule has 0 aliphatic heterocycles. The van der Waals surface area contributed by atoms with E-state index in [4.69, 9.17) is 4.52 Å². The van der Waals surface area contributed by atoms with E-state index in [9.17, 15) is 4.79 Å². The molecule has 0 aliphatic carbocycles. The van der Waals surface area contributed by atoms with Gasteiger partial charge in [0.2, 0.25) is 5.89 Å². The highest BCUT2D eigenvalue weighted by molar-refractivity contribution is 5.46. The van der Waals surface area contributed by atoms with Crippen molar-refractivity contribution in [3.63, 3.8) is 0 Å². The molecule has 0 aliphatic rings. The van der Waals surface area contributed by atoms with E-state index in [2.05, 4.69) is 40.8 Å². The van der Waals surface area contributed by atoms with E-state index in [0.717, 1.165) is 24.2 Å². The quantitative estimate of drug-likeness (QED) is 0.648. The molecule has 0 atom stereocenters. The van der Waals surface area contributed by atoms with Gasteiger partial charge >= 0.3 is 0 Å². The third kappa shape index (κ3) is 4.16. The third-order valence-electron chi connectivity index (χ3n) is 4.23. The summed E-state index contributed by atoms with van der Waals surface area (Å²) in [5.74, 6) is 1.81. The molecule has 7 nitrogen and oxygen atoms in total. The highest BCUT2D eigenvalue weighted by Crippen LogP contribution is 2.11. The summed E-state index contributed by atoms with van der Waals surface area (Å²) in [7, 11) is 0. The van der Waals surface area contributed by atoms with Crippen LogP contribution in [0.15, 0.2) is 33.7 Å². The summed E-state index contributed by atoms with van der Waals surface area (Å²) >= 11 is 0. The average molecular weight is 355 g/mol. The van der Waals surface area contributed by atoms with E-state index in [0.29, 0.717) is 36.4 Å². The first kappa shape index (κ1) is 18.3. The van der Waals surface area contributed by atoms with Gasteiger partial charge in [0, 0.05) is 25.2 Å². The number of aryl methyl sites for hydroxylation is 1. The molecule has 0 saturated heterocycles. The molecule has 3 rings (SSSR count). The Labute approximate surface area is 152 Å². The largest absolute Gasteiger partial charge is 0.339 e. The molecule has 0 saturated carbocycles. The molecule has 26 heavy (non-hydrogen) atoms. The second-order valence-corrected chi connectivity index (χ2v) is 6.98. The monoisotopic (exact) mass is 355 g/mol. The maximum Gasteiger partial charge on any atom is 0.258 e. The molecule has 0 radical (unpaired) electrons. The maximum absolute atomic E-state index is 12.4. The molecule has 0 fully saturated rings. The van der Waals surface area contributed by atoms with Gasteiger partial charge in [0.05, 0.1) is 12.2 Å². The van der Waals surface area contributed by atoms with Gasteiger partial charge in [0.25, 0.3) is 5.56 Å². The van der Waals surface area contributed by atoms with Crippen LogP contribution in [-0.4, -0.2) is 31.0 Å². The molecule has 7 heteroatoms. The molecular weight excluding hydrogens is 330 g/mol. The number of aromatic nitrogens is 4. The van der Waals surface area contributed by atoms with Crippen molar-refractivity contribution in [1.29, 1.82) is 0 Å². The van der Waals surface area contributed by atoms with Gasteiger partial charge in [-0.1, -0.05) is 32.0 Å². The van der Waals surface area contributed by atoms with E-state index in [1.54, 1.807) is 16.7 Å².